The van der Waals surface area contributed by atoms with Crippen molar-refractivity contribution in [2.24, 2.45) is 0 Å². The molecule has 0 saturated carbocycles. The molecule has 1 atom stereocenters. The van der Waals surface area contributed by atoms with E-state index in [0.717, 1.165) is 17.0 Å². The van der Waals surface area contributed by atoms with E-state index in [1.54, 1.807) is 6.92 Å². The summed E-state index contributed by atoms with van der Waals surface area (Å²) in [5.74, 6) is -2.79. The Balaban J connectivity index is 2.12. The Labute approximate surface area is 163 Å². The molecule has 9 heteroatoms. The normalized spacial score (nSPS) is 17.0. The number of hydrogen-bond acceptors (Lipinski definition) is 5. The van der Waals surface area contributed by atoms with Crippen molar-refractivity contribution in [2.45, 2.75) is 25.7 Å². The minimum atomic E-state index is -4.92. The van der Waals surface area contributed by atoms with Gasteiger partial charge >= 0.3 is 6.36 Å². The average molecular weight is 407 g/mol. The Morgan fingerprint density at radius 2 is 1.79 bits per heavy atom. The Morgan fingerprint density at radius 3 is 2.38 bits per heavy atom. The molecular formula is C20H16F3NO5. The van der Waals surface area contributed by atoms with Crippen LogP contribution < -0.4 is 9.64 Å². The number of amides is 1. The van der Waals surface area contributed by atoms with Gasteiger partial charge in [0.25, 0.3) is 5.91 Å². The maximum Gasteiger partial charge on any atom is 0.573 e. The van der Waals surface area contributed by atoms with E-state index in [-0.39, 0.29) is 23.4 Å². The van der Waals surface area contributed by atoms with E-state index in [1.807, 2.05) is 0 Å². The monoisotopic (exact) mass is 407 g/mol. The van der Waals surface area contributed by atoms with Crippen LogP contribution in [0.25, 0.3) is 0 Å². The number of anilines is 1. The predicted octanol–water partition coefficient (Wildman–Crippen LogP) is 4.17. The number of phenolic OH excluding ortho intramolecular Hbond substituents is 1. The van der Waals surface area contributed by atoms with Gasteiger partial charge in [0.2, 0.25) is 0 Å². The summed E-state index contributed by atoms with van der Waals surface area (Å²) in [6.07, 6.45) is -4.92. The van der Waals surface area contributed by atoms with Crippen molar-refractivity contribution in [2.75, 3.05) is 4.90 Å². The van der Waals surface area contributed by atoms with Gasteiger partial charge in [-0.25, -0.2) is 0 Å². The molecule has 1 unspecified atom stereocenters. The van der Waals surface area contributed by atoms with Crippen LogP contribution in [0.4, 0.5) is 18.9 Å². The van der Waals surface area contributed by atoms with Crippen LogP contribution >= 0.6 is 0 Å². The molecule has 0 bridgehead atoms. The molecule has 0 aliphatic carbocycles. The van der Waals surface area contributed by atoms with E-state index in [9.17, 15) is 33.0 Å². The van der Waals surface area contributed by atoms with Gasteiger partial charge in [0, 0.05) is 18.2 Å². The summed E-state index contributed by atoms with van der Waals surface area (Å²) in [5.41, 5.74) is 0.227. The van der Waals surface area contributed by atoms with Crippen molar-refractivity contribution in [3.8, 4) is 11.5 Å². The maximum atomic E-state index is 12.7. The molecular weight excluding hydrogens is 391 g/mol. The van der Waals surface area contributed by atoms with E-state index >= 15 is 0 Å². The van der Waals surface area contributed by atoms with Crippen molar-refractivity contribution < 1.29 is 37.7 Å². The largest absolute Gasteiger partial charge is 0.573 e. The number of ether oxygens (including phenoxy) is 1. The SMILES string of the molecule is CCC(=O)C1=C(O)C(=O)N(c2cccc(OC(F)(F)F)c2)C1c1ccc(O)cc1. The topological polar surface area (TPSA) is 87.1 Å². The third kappa shape index (κ3) is 4.03. The molecule has 2 aromatic carbocycles. The molecule has 1 aliphatic heterocycles. The standard InChI is InChI=1S/C20H16F3NO5/c1-2-15(26)16-17(11-6-8-13(25)9-7-11)24(19(28)18(16)27)12-4-3-5-14(10-12)29-20(21,22)23/h3-10,17,25,27H,2H2,1H3. The Kier molecular flexibility index (Phi) is 5.23. The zero-order valence-electron chi connectivity index (χ0n) is 15.1. The van der Waals surface area contributed by atoms with Crippen LogP contribution in [0, 0.1) is 0 Å². The van der Waals surface area contributed by atoms with Crippen LogP contribution in [0.15, 0.2) is 59.9 Å². The van der Waals surface area contributed by atoms with Crippen LogP contribution in [0.5, 0.6) is 11.5 Å². The van der Waals surface area contributed by atoms with E-state index < -0.39 is 35.6 Å². The number of ketones is 1. The molecule has 29 heavy (non-hydrogen) atoms. The molecule has 1 heterocycles. The van der Waals surface area contributed by atoms with E-state index in [4.69, 9.17) is 0 Å². The van der Waals surface area contributed by atoms with Crippen molar-refractivity contribution in [1.29, 1.82) is 0 Å². The van der Waals surface area contributed by atoms with Gasteiger partial charge in [-0.05, 0) is 29.8 Å². The molecule has 0 saturated heterocycles. The molecule has 1 amide bonds. The number of halogens is 3. The highest BCUT2D eigenvalue weighted by atomic mass is 19.4. The molecule has 2 N–H and O–H groups in total. The number of aliphatic hydroxyl groups is 1. The summed E-state index contributed by atoms with van der Waals surface area (Å²) in [4.78, 5) is 26.2. The highest BCUT2D eigenvalue weighted by molar-refractivity contribution is 6.16. The van der Waals surface area contributed by atoms with Gasteiger partial charge in [0.05, 0.1) is 11.6 Å². The van der Waals surface area contributed by atoms with Gasteiger partial charge in [0.15, 0.2) is 11.5 Å². The van der Waals surface area contributed by atoms with Crippen molar-refractivity contribution in [3.63, 3.8) is 0 Å². The fourth-order valence-corrected chi connectivity index (χ4v) is 3.15. The molecule has 1 aliphatic rings. The first kappa shape index (κ1) is 20.2. The van der Waals surface area contributed by atoms with Crippen LogP contribution in [-0.2, 0) is 9.59 Å². The molecule has 0 fully saturated rings. The first-order chi connectivity index (χ1) is 13.6. The number of rotatable bonds is 5. The molecule has 3 rings (SSSR count). The number of alkyl halides is 3. The second-order valence-corrected chi connectivity index (χ2v) is 6.25. The summed E-state index contributed by atoms with van der Waals surface area (Å²) in [6.45, 7) is 1.56. The van der Waals surface area contributed by atoms with Crippen molar-refractivity contribution >= 4 is 17.4 Å². The van der Waals surface area contributed by atoms with E-state index in [0.29, 0.717) is 5.56 Å². The Morgan fingerprint density at radius 1 is 1.14 bits per heavy atom. The molecule has 152 valence electrons. The lowest BCUT2D eigenvalue weighted by Crippen LogP contribution is -2.31. The first-order valence-corrected chi connectivity index (χ1v) is 8.57. The van der Waals surface area contributed by atoms with Crippen LogP contribution in [0.3, 0.4) is 0 Å². The zero-order valence-corrected chi connectivity index (χ0v) is 15.1. The van der Waals surface area contributed by atoms with Gasteiger partial charge in [-0.2, -0.15) is 0 Å². The van der Waals surface area contributed by atoms with Crippen molar-refractivity contribution in [1.82, 2.24) is 0 Å². The molecule has 0 aromatic heterocycles. The summed E-state index contributed by atoms with van der Waals surface area (Å²) < 4.78 is 41.6. The minimum absolute atomic E-state index is 0.000257. The van der Waals surface area contributed by atoms with Gasteiger partial charge < -0.3 is 14.9 Å². The number of carbonyl (C=O) groups excluding carboxylic acids is 2. The van der Waals surface area contributed by atoms with Crippen molar-refractivity contribution in [3.05, 3.63) is 65.4 Å². The third-order valence-electron chi connectivity index (χ3n) is 4.37. The second kappa shape index (κ2) is 7.50. The van der Waals surface area contributed by atoms with Gasteiger partial charge in [-0.3, -0.25) is 14.5 Å². The summed E-state index contributed by atoms with van der Waals surface area (Å²) >= 11 is 0. The molecule has 6 nitrogen and oxygen atoms in total. The highest BCUT2D eigenvalue weighted by Gasteiger charge is 2.44. The quantitative estimate of drug-likeness (QED) is 0.777. The number of nitrogens with zero attached hydrogens (tertiary/aromatic N) is 1. The van der Waals surface area contributed by atoms with Crippen LogP contribution in [0.2, 0.25) is 0 Å². The zero-order chi connectivity index (χ0) is 21.3. The van der Waals surface area contributed by atoms with Crippen LogP contribution in [-0.4, -0.2) is 28.3 Å². The van der Waals surface area contributed by atoms with Gasteiger partial charge in [-0.15, -0.1) is 13.2 Å². The fraction of sp³-hybridized carbons (Fsp3) is 0.200. The number of aliphatic hydroxyl groups excluding tert-OH is 1. The first-order valence-electron chi connectivity index (χ1n) is 8.57. The average Bonchev–Trinajstić information content (AvgIpc) is 2.92. The number of phenols is 1. The molecule has 0 spiro atoms. The molecule has 2 aromatic rings. The fourth-order valence-electron chi connectivity index (χ4n) is 3.15. The summed E-state index contributed by atoms with van der Waals surface area (Å²) in [7, 11) is 0. The Bertz CT molecular complexity index is 982. The Hall–Kier alpha value is -3.49. The predicted molar refractivity (Wildman–Crippen MR) is 96.4 cm³/mol. The summed E-state index contributed by atoms with van der Waals surface area (Å²) in [5, 5.41) is 19.9. The number of Topliss-reactive ketones (excluding diaryl/α,β-unsaturated/α-hetero) is 1. The summed E-state index contributed by atoms with van der Waals surface area (Å²) in [6, 6.07) is 9.20. The number of aromatic hydroxyl groups is 1. The number of hydrogen-bond donors (Lipinski definition) is 2. The smallest absolute Gasteiger partial charge is 0.508 e. The minimum Gasteiger partial charge on any atom is -0.508 e. The van der Waals surface area contributed by atoms with E-state index in [1.165, 1.54) is 36.4 Å². The third-order valence-corrected chi connectivity index (χ3v) is 4.37. The number of benzene rings is 2. The van der Waals surface area contributed by atoms with E-state index in [2.05, 4.69) is 4.74 Å². The van der Waals surface area contributed by atoms with Gasteiger partial charge in [-0.1, -0.05) is 25.1 Å². The maximum absolute atomic E-state index is 12.7. The lowest BCUT2D eigenvalue weighted by molar-refractivity contribution is -0.274. The second-order valence-electron chi connectivity index (χ2n) is 6.25. The highest BCUT2D eigenvalue weighted by Crippen LogP contribution is 2.42. The lowest BCUT2D eigenvalue weighted by Gasteiger charge is -2.27. The number of carbonyl (C=O) groups is 2. The van der Waals surface area contributed by atoms with Crippen LogP contribution in [0.1, 0.15) is 24.9 Å². The van der Waals surface area contributed by atoms with Gasteiger partial charge in [0.1, 0.15) is 11.5 Å². The lowest BCUT2D eigenvalue weighted by atomic mass is 9.95. The molecule has 0 radical (unpaired) electrons.